The third-order valence-electron chi connectivity index (χ3n) is 6.20. The quantitative estimate of drug-likeness (QED) is 0.206. The molecule has 1 N–H and O–H groups in total. The zero-order valence-electron chi connectivity index (χ0n) is 20.8. The highest BCUT2D eigenvalue weighted by molar-refractivity contribution is 6.46. The number of hydrogen-bond donors (Lipinski definition) is 1. The molecule has 0 spiro atoms. The molecule has 1 aliphatic rings. The number of ether oxygens (including phenoxy) is 1. The van der Waals surface area contributed by atoms with Crippen molar-refractivity contribution in [3.63, 3.8) is 0 Å². The van der Waals surface area contributed by atoms with E-state index in [1.807, 2.05) is 30.3 Å². The maximum absolute atomic E-state index is 13.3. The molecule has 3 aromatic rings. The number of likely N-dealkylation sites (tertiary alicyclic amines) is 1. The minimum atomic E-state index is -0.740. The Hall–Kier alpha value is -4.19. The molecule has 0 radical (unpaired) electrons. The molecular weight excluding hydrogens is 452 g/mol. The summed E-state index contributed by atoms with van der Waals surface area (Å²) in [5.41, 5.74) is 3.11. The number of hydrogen-bond acceptors (Lipinski definition) is 5. The molecule has 184 valence electrons. The molecule has 1 saturated heterocycles. The van der Waals surface area contributed by atoms with E-state index >= 15 is 0 Å². The minimum Gasteiger partial charge on any atom is -0.507 e. The van der Waals surface area contributed by atoms with Crippen molar-refractivity contribution in [2.45, 2.75) is 38.8 Å². The first-order valence-electron chi connectivity index (χ1n) is 11.8. The van der Waals surface area contributed by atoms with Crippen molar-refractivity contribution in [3.05, 3.63) is 114 Å². The van der Waals surface area contributed by atoms with Crippen molar-refractivity contribution >= 4 is 17.4 Å². The number of carbonyl (C=O) groups is 2. The van der Waals surface area contributed by atoms with Gasteiger partial charge < -0.3 is 14.7 Å². The van der Waals surface area contributed by atoms with Crippen LogP contribution in [0.4, 0.5) is 0 Å². The fraction of sp³-hybridized carbons (Fsp3) is 0.233. The van der Waals surface area contributed by atoms with Crippen LogP contribution < -0.4 is 4.74 Å². The molecule has 2 heterocycles. The van der Waals surface area contributed by atoms with Gasteiger partial charge in [0, 0.05) is 24.5 Å². The van der Waals surface area contributed by atoms with Gasteiger partial charge in [-0.1, -0.05) is 63.8 Å². The van der Waals surface area contributed by atoms with E-state index in [1.54, 1.807) is 48.8 Å². The van der Waals surface area contributed by atoms with Gasteiger partial charge >= 0.3 is 0 Å². The van der Waals surface area contributed by atoms with E-state index in [9.17, 15) is 14.7 Å². The fourth-order valence-corrected chi connectivity index (χ4v) is 4.26. The van der Waals surface area contributed by atoms with Crippen LogP contribution in [0, 0.1) is 0 Å². The number of Topliss-reactive ketones (excluding diaryl/α,β-unsaturated/α-hetero) is 1. The molecule has 1 amide bonds. The molecule has 1 aliphatic heterocycles. The molecule has 6 nitrogen and oxygen atoms in total. The number of aliphatic hydroxyl groups excluding tert-OH is 1. The lowest BCUT2D eigenvalue weighted by molar-refractivity contribution is -0.140. The van der Waals surface area contributed by atoms with Crippen molar-refractivity contribution in [1.82, 2.24) is 9.88 Å². The summed E-state index contributed by atoms with van der Waals surface area (Å²) < 4.78 is 5.52. The summed E-state index contributed by atoms with van der Waals surface area (Å²) in [4.78, 5) is 32.1. The van der Waals surface area contributed by atoms with Gasteiger partial charge in [-0.2, -0.15) is 0 Å². The van der Waals surface area contributed by atoms with E-state index in [4.69, 9.17) is 4.74 Å². The molecule has 1 aromatic heterocycles. The highest BCUT2D eigenvalue weighted by Crippen LogP contribution is 2.41. The predicted octanol–water partition coefficient (Wildman–Crippen LogP) is 5.57. The van der Waals surface area contributed by atoms with Crippen LogP contribution in [0.1, 0.15) is 49.1 Å². The Morgan fingerprint density at radius 2 is 1.78 bits per heavy atom. The first kappa shape index (κ1) is 24.9. The van der Waals surface area contributed by atoms with Gasteiger partial charge in [0.05, 0.1) is 11.6 Å². The maximum Gasteiger partial charge on any atom is 0.295 e. The maximum atomic E-state index is 13.3. The minimum absolute atomic E-state index is 0.0501. The lowest BCUT2D eigenvalue weighted by Crippen LogP contribution is -2.29. The second-order valence-electron chi connectivity index (χ2n) is 9.78. The van der Waals surface area contributed by atoms with Gasteiger partial charge in [0.2, 0.25) is 0 Å². The largest absolute Gasteiger partial charge is 0.507 e. The van der Waals surface area contributed by atoms with E-state index in [1.165, 1.54) is 4.90 Å². The normalized spacial score (nSPS) is 17.3. The monoisotopic (exact) mass is 482 g/mol. The van der Waals surface area contributed by atoms with Crippen LogP contribution in [0.5, 0.6) is 5.75 Å². The summed E-state index contributed by atoms with van der Waals surface area (Å²) in [7, 11) is 0. The van der Waals surface area contributed by atoms with Gasteiger partial charge in [-0.05, 0) is 52.4 Å². The lowest BCUT2D eigenvalue weighted by atomic mass is 9.85. The number of ketones is 1. The smallest absolute Gasteiger partial charge is 0.295 e. The molecule has 0 aliphatic carbocycles. The Morgan fingerprint density at radius 3 is 2.36 bits per heavy atom. The van der Waals surface area contributed by atoms with Crippen molar-refractivity contribution in [2.75, 3.05) is 6.61 Å². The third kappa shape index (κ3) is 5.08. The van der Waals surface area contributed by atoms with Crippen LogP contribution >= 0.6 is 0 Å². The Balaban J connectivity index is 1.80. The van der Waals surface area contributed by atoms with Crippen molar-refractivity contribution in [3.8, 4) is 5.75 Å². The number of pyridine rings is 1. The Labute approximate surface area is 211 Å². The molecule has 0 saturated carbocycles. The van der Waals surface area contributed by atoms with Crippen LogP contribution in [0.2, 0.25) is 0 Å². The van der Waals surface area contributed by atoms with E-state index in [2.05, 4.69) is 32.3 Å². The zero-order valence-corrected chi connectivity index (χ0v) is 20.8. The Morgan fingerprint density at radius 1 is 1.08 bits per heavy atom. The molecular formula is C30H30N2O4. The van der Waals surface area contributed by atoms with Crippen molar-refractivity contribution in [2.24, 2.45) is 0 Å². The van der Waals surface area contributed by atoms with E-state index in [0.717, 1.165) is 16.7 Å². The summed E-state index contributed by atoms with van der Waals surface area (Å²) in [5, 5.41) is 11.3. The first-order valence-corrected chi connectivity index (χ1v) is 11.8. The number of benzene rings is 2. The fourth-order valence-electron chi connectivity index (χ4n) is 4.26. The average Bonchev–Trinajstić information content (AvgIpc) is 3.12. The lowest BCUT2D eigenvalue weighted by Gasteiger charge is -2.26. The van der Waals surface area contributed by atoms with Crippen molar-refractivity contribution < 1.29 is 19.4 Å². The van der Waals surface area contributed by atoms with E-state index in [-0.39, 0.29) is 23.3 Å². The van der Waals surface area contributed by atoms with Crippen LogP contribution in [0.15, 0.2) is 91.3 Å². The zero-order chi connectivity index (χ0) is 25.9. The summed E-state index contributed by atoms with van der Waals surface area (Å²) >= 11 is 0. The third-order valence-corrected chi connectivity index (χ3v) is 6.20. The molecule has 2 aromatic carbocycles. The second-order valence-corrected chi connectivity index (χ2v) is 9.78. The molecule has 6 heteroatoms. The first-order chi connectivity index (χ1) is 17.2. The molecule has 4 rings (SSSR count). The van der Waals surface area contributed by atoms with Gasteiger partial charge in [0.15, 0.2) is 0 Å². The number of aromatic nitrogens is 1. The Bertz CT molecular complexity index is 1290. The molecule has 0 bridgehead atoms. The summed E-state index contributed by atoms with van der Waals surface area (Å²) in [6, 6.07) is 17.5. The van der Waals surface area contributed by atoms with Crippen LogP contribution in [-0.2, 0) is 21.5 Å². The summed E-state index contributed by atoms with van der Waals surface area (Å²) in [5.74, 6) is -0.982. The number of aliphatic hydroxyl groups is 1. The summed E-state index contributed by atoms with van der Waals surface area (Å²) in [6.45, 7) is 10.5. The SMILES string of the molecule is C=CCOc1ccc(/C(O)=C2/C(=O)C(=O)N(Cc3cccnc3)C2c2ccc(C(C)(C)C)cc2)cc1. The van der Waals surface area contributed by atoms with Crippen LogP contribution in [0.25, 0.3) is 5.76 Å². The van der Waals surface area contributed by atoms with Gasteiger partial charge in [-0.15, -0.1) is 0 Å². The number of carbonyl (C=O) groups excluding carboxylic acids is 2. The molecule has 36 heavy (non-hydrogen) atoms. The average molecular weight is 483 g/mol. The van der Waals surface area contributed by atoms with Gasteiger partial charge in [-0.3, -0.25) is 14.6 Å². The Kier molecular flexibility index (Phi) is 7.06. The second kappa shape index (κ2) is 10.2. The van der Waals surface area contributed by atoms with Crippen molar-refractivity contribution in [1.29, 1.82) is 0 Å². The van der Waals surface area contributed by atoms with Crippen LogP contribution in [0.3, 0.4) is 0 Å². The van der Waals surface area contributed by atoms with Gasteiger partial charge in [0.1, 0.15) is 18.1 Å². The number of nitrogens with zero attached hydrogens (tertiary/aromatic N) is 2. The van der Waals surface area contributed by atoms with Gasteiger partial charge in [0.25, 0.3) is 11.7 Å². The standard InChI is InChI=1S/C30H30N2O4/c1-5-17-36-24-14-10-22(11-15-24)27(33)25-26(21-8-12-23(13-9-21)30(2,3)4)32(29(35)28(25)34)19-20-7-6-16-31-18-20/h5-16,18,26,33H,1,17,19H2,2-4H3/b27-25-. The molecule has 1 unspecified atom stereocenters. The highest BCUT2D eigenvalue weighted by Gasteiger charge is 2.46. The number of rotatable bonds is 7. The topological polar surface area (TPSA) is 79.7 Å². The van der Waals surface area contributed by atoms with Gasteiger partial charge in [-0.25, -0.2) is 0 Å². The molecule has 1 fully saturated rings. The number of amides is 1. The predicted molar refractivity (Wildman–Crippen MR) is 139 cm³/mol. The van der Waals surface area contributed by atoms with E-state index < -0.39 is 17.7 Å². The highest BCUT2D eigenvalue weighted by atomic mass is 16.5. The van der Waals surface area contributed by atoms with E-state index in [0.29, 0.717) is 17.9 Å². The molecule has 1 atom stereocenters. The summed E-state index contributed by atoms with van der Waals surface area (Å²) in [6.07, 6.45) is 4.96. The van der Waals surface area contributed by atoms with Crippen LogP contribution in [-0.4, -0.2) is 33.3 Å².